The Kier molecular flexibility index (Phi) is 5.72. The van der Waals surface area contributed by atoms with Crippen LogP contribution >= 0.6 is 0 Å². The molecule has 0 heterocycles. The summed E-state index contributed by atoms with van der Waals surface area (Å²) in [5.74, 6) is 0.774. The summed E-state index contributed by atoms with van der Waals surface area (Å²) in [5.41, 5.74) is 0. The highest BCUT2D eigenvalue weighted by atomic mass is 32.2. The Morgan fingerprint density at radius 3 is 2.56 bits per heavy atom. The van der Waals surface area contributed by atoms with E-state index in [1.807, 2.05) is 0 Å². The minimum absolute atomic E-state index is 0.349. The molecule has 0 radical (unpaired) electrons. The Balaban J connectivity index is 2.18. The highest BCUT2D eigenvalue weighted by Gasteiger charge is 2.23. The first-order valence-electron chi connectivity index (χ1n) is 6.25. The molecule has 0 bridgehead atoms. The second kappa shape index (κ2) is 6.57. The van der Waals surface area contributed by atoms with Gasteiger partial charge in [-0.15, -0.1) is 0 Å². The van der Waals surface area contributed by atoms with Crippen molar-refractivity contribution in [2.24, 2.45) is 5.92 Å². The molecule has 0 saturated heterocycles. The molecule has 1 rings (SSSR count). The first-order valence-corrected chi connectivity index (χ1v) is 7.80. The van der Waals surface area contributed by atoms with Crippen molar-refractivity contribution >= 4 is 10.0 Å². The van der Waals surface area contributed by atoms with Crippen LogP contribution in [0.15, 0.2) is 0 Å². The lowest BCUT2D eigenvalue weighted by molar-refractivity contribution is 0.552. The molecule has 0 aromatic heterocycles. The van der Waals surface area contributed by atoms with Crippen LogP contribution in [0, 0.1) is 5.92 Å². The summed E-state index contributed by atoms with van der Waals surface area (Å²) >= 11 is 0. The fraction of sp³-hybridized carbons (Fsp3) is 1.00. The molecule has 16 heavy (non-hydrogen) atoms. The largest absolute Gasteiger partial charge is 0.315 e. The standard InChI is InChI=1S/C11H24N2O2S/c1-3-7-12-9-10(2)16(14,15)13-8-6-11-4-5-11/h10-13H,3-9H2,1-2H3. The van der Waals surface area contributed by atoms with Crippen molar-refractivity contribution in [3.05, 3.63) is 0 Å². The van der Waals surface area contributed by atoms with Crippen LogP contribution < -0.4 is 10.0 Å². The van der Waals surface area contributed by atoms with E-state index in [4.69, 9.17) is 0 Å². The molecule has 0 amide bonds. The van der Waals surface area contributed by atoms with Gasteiger partial charge in [0.15, 0.2) is 0 Å². The maximum absolute atomic E-state index is 11.8. The van der Waals surface area contributed by atoms with Gasteiger partial charge in [0.1, 0.15) is 0 Å². The summed E-state index contributed by atoms with van der Waals surface area (Å²) in [6, 6.07) is 0. The first kappa shape index (κ1) is 13.9. The van der Waals surface area contributed by atoms with Gasteiger partial charge in [0.2, 0.25) is 10.0 Å². The van der Waals surface area contributed by atoms with Crippen molar-refractivity contribution < 1.29 is 8.42 Å². The fourth-order valence-electron chi connectivity index (χ4n) is 1.55. The van der Waals surface area contributed by atoms with E-state index in [2.05, 4.69) is 17.0 Å². The third-order valence-electron chi connectivity index (χ3n) is 2.94. The van der Waals surface area contributed by atoms with E-state index in [1.54, 1.807) is 6.92 Å². The topological polar surface area (TPSA) is 58.2 Å². The van der Waals surface area contributed by atoms with E-state index in [-0.39, 0.29) is 5.25 Å². The van der Waals surface area contributed by atoms with Gasteiger partial charge in [-0.3, -0.25) is 0 Å². The summed E-state index contributed by atoms with van der Waals surface area (Å²) in [6.45, 7) is 5.84. The molecule has 0 aromatic carbocycles. The molecule has 1 aliphatic carbocycles. The molecule has 1 saturated carbocycles. The van der Waals surface area contributed by atoms with E-state index in [1.165, 1.54) is 12.8 Å². The van der Waals surface area contributed by atoms with Gasteiger partial charge >= 0.3 is 0 Å². The zero-order chi connectivity index (χ0) is 12.0. The zero-order valence-corrected chi connectivity index (χ0v) is 11.1. The quantitative estimate of drug-likeness (QED) is 0.601. The number of hydrogen-bond acceptors (Lipinski definition) is 3. The number of nitrogens with one attached hydrogen (secondary N) is 2. The molecule has 1 atom stereocenters. The highest BCUT2D eigenvalue weighted by molar-refractivity contribution is 7.90. The van der Waals surface area contributed by atoms with Crippen LogP contribution in [0.2, 0.25) is 0 Å². The van der Waals surface area contributed by atoms with Crippen molar-refractivity contribution in [2.75, 3.05) is 19.6 Å². The molecular weight excluding hydrogens is 224 g/mol. The molecule has 5 heteroatoms. The minimum Gasteiger partial charge on any atom is -0.315 e. The lowest BCUT2D eigenvalue weighted by Crippen LogP contribution is -2.39. The molecule has 1 fully saturated rings. The summed E-state index contributed by atoms with van der Waals surface area (Å²) in [5, 5.41) is 2.78. The van der Waals surface area contributed by atoms with Crippen LogP contribution in [0.25, 0.3) is 0 Å². The average Bonchev–Trinajstić information content (AvgIpc) is 3.01. The van der Waals surface area contributed by atoms with E-state index in [0.29, 0.717) is 13.1 Å². The molecule has 2 N–H and O–H groups in total. The third-order valence-corrected chi connectivity index (χ3v) is 4.77. The second-order valence-corrected chi connectivity index (χ2v) is 6.87. The number of rotatable bonds is 9. The van der Waals surface area contributed by atoms with Crippen molar-refractivity contribution in [3.8, 4) is 0 Å². The van der Waals surface area contributed by atoms with Crippen LogP contribution in [-0.4, -0.2) is 33.3 Å². The summed E-state index contributed by atoms with van der Waals surface area (Å²) in [7, 11) is -3.12. The lowest BCUT2D eigenvalue weighted by Gasteiger charge is -2.14. The van der Waals surface area contributed by atoms with Crippen LogP contribution in [0.5, 0.6) is 0 Å². The lowest BCUT2D eigenvalue weighted by atomic mass is 10.3. The smallest absolute Gasteiger partial charge is 0.215 e. The maximum Gasteiger partial charge on any atom is 0.215 e. The maximum atomic E-state index is 11.8. The van der Waals surface area contributed by atoms with Crippen LogP contribution in [-0.2, 0) is 10.0 Å². The predicted molar refractivity (Wildman–Crippen MR) is 66.9 cm³/mol. The SMILES string of the molecule is CCCNCC(C)S(=O)(=O)NCCC1CC1. The summed E-state index contributed by atoms with van der Waals surface area (Å²) in [4.78, 5) is 0. The molecular formula is C11H24N2O2S. The van der Waals surface area contributed by atoms with Gasteiger partial charge in [-0.2, -0.15) is 0 Å². The molecule has 0 aromatic rings. The van der Waals surface area contributed by atoms with Crippen molar-refractivity contribution in [2.45, 2.75) is 44.8 Å². The Morgan fingerprint density at radius 2 is 2.00 bits per heavy atom. The van der Waals surface area contributed by atoms with Crippen LogP contribution in [0.4, 0.5) is 0 Å². The number of sulfonamides is 1. The van der Waals surface area contributed by atoms with Crippen molar-refractivity contribution in [3.63, 3.8) is 0 Å². The van der Waals surface area contributed by atoms with Gasteiger partial charge in [0, 0.05) is 13.1 Å². The first-order chi connectivity index (χ1) is 7.56. The molecule has 4 nitrogen and oxygen atoms in total. The third kappa shape index (κ3) is 5.27. The molecule has 1 aliphatic rings. The van der Waals surface area contributed by atoms with E-state index in [0.717, 1.165) is 25.3 Å². The van der Waals surface area contributed by atoms with Gasteiger partial charge in [0.25, 0.3) is 0 Å². The Hall–Kier alpha value is -0.130. The van der Waals surface area contributed by atoms with Gasteiger partial charge in [-0.25, -0.2) is 13.1 Å². The Bertz CT molecular complexity index is 286. The molecule has 96 valence electrons. The minimum atomic E-state index is -3.12. The predicted octanol–water partition coefficient (Wildman–Crippen LogP) is 1.09. The van der Waals surface area contributed by atoms with Gasteiger partial charge in [0.05, 0.1) is 5.25 Å². The van der Waals surface area contributed by atoms with E-state index < -0.39 is 10.0 Å². The normalized spacial score (nSPS) is 18.6. The second-order valence-electron chi connectivity index (χ2n) is 4.69. The van der Waals surface area contributed by atoms with E-state index in [9.17, 15) is 8.42 Å². The van der Waals surface area contributed by atoms with Crippen molar-refractivity contribution in [1.82, 2.24) is 10.0 Å². The van der Waals surface area contributed by atoms with Gasteiger partial charge in [-0.1, -0.05) is 19.8 Å². The summed E-state index contributed by atoms with van der Waals surface area (Å²) in [6.07, 6.45) is 4.57. The number of hydrogen-bond donors (Lipinski definition) is 2. The molecule has 0 aliphatic heterocycles. The fourth-order valence-corrected chi connectivity index (χ4v) is 2.57. The zero-order valence-electron chi connectivity index (χ0n) is 10.3. The van der Waals surface area contributed by atoms with Crippen molar-refractivity contribution in [1.29, 1.82) is 0 Å². The van der Waals surface area contributed by atoms with Gasteiger partial charge < -0.3 is 5.32 Å². The van der Waals surface area contributed by atoms with E-state index >= 15 is 0 Å². The highest BCUT2D eigenvalue weighted by Crippen LogP contribution is 2.31. The Morgan fingerprint density at radius 1 is 1.31 bits per heavy atom. The Labute approximate surface area is 99.2 Å². The molecule has 1 unspecified atom stereocenters. The average molecular weight is 248 g/mol. The molecule has 0 spiro atoms. The monoisotopic (exact) mass is 248 g/mol. The van der Waals surface area contributed by atoms with Gasteiger partial charge in [-0.05, 0) is 32.2 Å². The van der Waals surface area contributed by atoms with Crippen LogP contribution in [0.1, 0.15) is 39.5 Å². The van der Waals surface area contributed by atoms with Crippen LogP contribution in [0.3, 0.4) is 0 Å². The summed E-state index contributed by atoms with van der Waals surface area (Å²) < 4.78 is 26.2.